The summed E-state index contributed by atoms with van der Waals surface area (Å²) in [6, 6.07) is 4.52. The molecule has 10 heteroatoms. The van der Waals surface area contributed by atoms with E-state index < -0.39 is 6.23 Å². The number of fused-ring (bicyclic) bond motifs is 1. The van der Waals surface area contributed by atoms with E-state index in [4.69, 9.17) is 15.1 Å². The van der Waals surface area contributed by atoms with E-state index in [9.17, 15) is 5.11 Å². The van der Waals surface area contributed by atoms with Gasteiger partial charge in [0.1, 0.15) is 29.1 Å². The lowest BCUT2D eigenvalue weighted by Gasteiger charge is -2.41. The van der Waals surface area contributed by atoms with Crippen LogP contribution in [-0.4, -0.2) is 60.5 Å². The van der Waals surface area contributed by atoms with Crippen molar-refractivity contribution in [2.75, 3.05) is 19.8 Å². The maximum Gasteiger partial charge on any atom is 0.247 e. The summed E-state index contributed by atoms with van der Waals surface area (Å²) in [4.78, 5) is 20.1. The van der Waals surface area contributed by atoms with Gasteiger partial charge in [0.15, 0.2) is 11.9 Å². The van der Waals surface area contributed by atoms with Gasteiger partial charge in [-0.2, -0.15) is 0 Å². The van der Waals surface area contributed by atoms with Crippen LogP contribution in [-0.2, 0) is 0 Å². The molecule has 10 nitrogen and oxygen atoms in total. The van der Waals surface area contributed by atoms with Gasteiger partial charge in [-0.05, 0) is 46.0 Å². The third kappa shape index (κ3) is 3.62. The Morgan fingerprint density at radius 1 is 1.22 bits per heavy atom. The monoisotopic (exact) mass is 434 g/mol. The van der Waals surface area contributed by atoms with Gasteiger partial charge in [-0.1, -0.05) is 0 Å². The van der Waals surface area contributed by atoms with Gasteiger partial charge < -0.3 is 24.6 Å². The second-order valence-electron chi connectivity index (χ2n) is 8.43. The normalized spacial score (nSPS) is 19.4. The number of imidazole rings is 1. The number of oxazole rings is 1. The number of aliphatic hydroxyl groups excluding tert-OH is 1. The zero-order chi connectivity index (χ0) is 22.4. The highest BCUT2D eigenvalue weighted by atomic mass is 16.3. The lowest BCUT2D eigenvalue weighted by atomic mass is 9.86. The van der Waals surface area contributed by atoms with Crippen molar-refractivity contribution < 1.29 is 9.52 Å². The predicted octanol–water partition coefficient (Wildman–Crippen LogP) is 2.01. The fourth-order valence-corrected chi connectivity index (χ4v) is 4.04. The Labute approximate surface area is 185 Å². The number of aliphatic hydroxyl groups is 1. The first kappa shape index (κ1) is 20.6. The molecule has 1 unspecified atom stereocenters. The van der Waals surface area contributed by atoms with Crippen LogP contribution in [0.3, 0.4) is 0 Å². The molecule has 1 aliphatic rings. The van der Waals surface area contributed by atoms with Crippen LogP contribution in [0.1, 0.15) is 30.5 Å². The van der Waals surface area contributed by atoms with Gasteiger partial charge in [0, 0.05) is 35.7 Å². The SMILES string of the molecule is Cc1cnc2ccc(-c3nc(C(O)N[C@H]4C[C@@H](N(C)C)C4)c(N)nc3-c3ncco3)cn12. The van der Waals surface area contributed by atoms with Gasteiger partial charge >= 0.3 is 0 Å². The zero-order valence-electron chi connectivity index (χ0n) is 18.2. The number of nitrogens with two attached hydrogens (primary N) is 1. The van der Waals surface area contributed by atoms with Crippen molar-refractivity contribution >= 4 is 11.5 Å². The number of rotatable bonds is 6. The van der Waals surface area contributed by atoms with Gasteiger partial charge in [-0.3, -0.25) is 5.32 Å². The van der Waals surface area contributed by atoms with Crippen molar-refractivity contribution in [3.63, 3.8) is 0 Å². The van der Waals surface area contributed by atoms with Crippen molar-refractivity contribution in [1.29, 1.82) is 0 Å². The molecule has 1 atom stereocenters. The van der Waals surface area contributed by atoms with E-state index >= 15 is 0 Å². The van der Waals surface area contributed by atoms with Crippen molar-refractivity contribution in [3.8, 4) is 22.8 Å². The van der Waals surface area contributed by atoms with Crippen molar-refractivity contribution in [2.45, 2.75) is 38.1 Å². The number of nitrogens with zero attached hydrogens (tertiary/aromatic N) is 6. The van der Waals surface area contributed by atoms with E-state index in [1.54, 1.807) is 6.20 Å². The van der Waals surface area contributed by atoms with E-state index in [0.717, 1.165) is 29.7 Å². The third-order valence-corrected chi connectivity index (χ3v) is 6.05. The van der Waals surface area contributed by atoms with Crippen LogP contribution in [0.2, 0.25) is 0 Å². The van der Waals surface area contributed by atoms with Gasteiger partial charge in [0.25, 0.3) is 0 Å². The molecule has 1 fully saturated rings. The van der Waals surface area contributed by atoms with Crippen LogP contribution in [0.5, 0.6) is 0 Å². The fourth-order valence-electron chi connectivity index (χ4n) is 4.04. The van der Waals surface area contributed by atoms with Crippen LogP contribution in [0, 0.1) is 6.92 Å². The molecule has 4 heterocycles. The lowest BCUT2D eigenvalue weighted by Crippen LogP contribution is -2.51. The van der Waals surface area contributed by atoms with Gasteiger partial charge in [0.05, 0.1) is 6.20 Å². The minimum Gasteiger partial charge on any atom is -0.443 e. The summed E-state index contributed by atoms with van der Waals surface area (Å²) < 4.78 is 7.46. The van der Waals surface area contributed by atoms with Gasteiger partial charge in [0.2, 0.25) is 5.89 Å². The van der Waals surface area contributed by atoms with Gasteiger partial charge in [-0.25, -0.2) is 19.9 Å². The number of anilines is 1. The highest BCUT2D eigenvalue weighted by molar-refractivity contribution is 5.76. The van der Waals surface area contributed by atoms with Gasteiger partial charge in [-0.15, -0.1) is 0 Å². The first-order valence-corrected chi connectivity index (χ1v) is 10.5. The summed E-state index contributed by atoms with van der Waals surface area (Å²) in [5.41, 5.74) is 10.0. The van der Waals surface area contributed by atoms with Crippen molar-refractivity contribution in [1.82, 2.24) is 34.6 Å². The predicted molar refractivity (Wildman–Crippen MR) is 119 cm³/mol. The highest BCUT2D eigenvalue weighted by Crippen LogP contribution is 2.33. The summed E-state index contributed by atoms with van der Waals surface area (Å²) in [5.74, 6) is 0.439. The van der Waals surface area contributed by atoms with E-state index in [-0.39, 0.29) is 17.6 Å². The van der Waals surface area contributed by atoms with Crippen LogP contribution < -0.4 is 11.1 Å². The average molecular weight is 435 g/mol. The smallest absolute Gasteiger partial charge is 0.247 e. The number of aryl methyl sites for hydroxylation is 1. The Hall–Kier alpha value is -3.34. The molecule has 0 aromatic carbocycles. The molecule has 5 rings (SSSR count). The maximum absolute atomic E-state index is 10.9. The second kappa shape index (κ2) is 7.97. The average Bonchev–Trinajstić information content (AvgIpc) is 3.40. The summed E-state index contributed by atoms with van der Waals surface area (Å²) in [6.45, 7) is 1.98. The van der Waals surface area contributed by atoms with Crippen molar-refractivity contribution in [2.24, 2.45) is 0 Å². The number of hydrogen-bond acceptors (Lipinski definition) is 9. The Kier molecular flexibility index (Phi) is 5.12. The van der Waals surface area contributed by atoms with E-state index in [2.05, 4.69) is 39.3 Å². The van der Waals surface area contributed by atoms with Crippen LogP contribution in [0.15, 0.2) is 41.4 Å². The molecule has 166 valence electrons. The van der Waals surface area contributed by atoms with E-state index in [1.807, 2.05) is 35.9 Å². The minimum absolute atomic E-state index is 0.130. The molecule has 1 saturated carbocycles. The quantitative estimate of drug-likeness (QED) is 0.390. The first-order valence-electron chi connectivity index (χ1n) is 10.5. The number of nitrogens with one attached hydrogen (secondary N) is 1. The molecule has 0 amide bonds. The molecular formula is C22H26N8O2. The van der Waals surface area contributed by atoms with Crippen LogP contribution in [0.25, 0.3) is 28.5 Å². The molecule has 0 spiro atoms. The Bertz CT molecular complexity index is 1240. The molecule has 1 aliphatic carbocycles. The fraction of sp³-hybridized carbons (Fsp3) is 0.364. The summed E-state index contributed by atoms with van der Waals surface area (Å²) in [6.07, 6.45) is 7.63. The number of aromatic nitrogens is 5. The molecular weight excluding hydrogens is 408 g/mol. The Morgan fingerprint density at radius 2 is 2.03 bits per heavy atom. The summed E-state index contributed by atoms with van der Waals surface area (Å²) >= 11 is 0. The zero-order valence-corrected chi connectivity index (χ0v) is 18.2. The number of hydrogen-bond donors (Lipinski definition) is 3. The van der Waals surface area contributed by atoms with Crippen molar-refractivity contribution in [3.05, 3.63) is 48.4 Å². The molecule has 32 heavy (non-hydrogen) atoms. The highest BCUT2D eigenvalue weighted by Gasteiger charge is 2.33. The maximum atomic E-state index is 10.9. The first-order chi connectivity index (χ1) is 15.4. The summed E-state index contributed by atoms with van der Waals surface area (Å²) in [7, 11) is 4.13. The van der Waals surface area contributed by atoms with Crippen LogP contribution in [0.4, 0.5) is 5.82 Å². The Balaban J connectivity index is 1.54. The number of nitrogen functional groups attached to an aromatic ring is 1. The molecule has 0 bridgehead atoms. The van der Waals surface area contributed by atoms with Crippen LogP contribution >= 0.6 is 0 Å². The van der Waals surface area contributed by atoms with E-state index in [0.29, 0.717) is 23.3 Å². The molecule has 0 aliphatic heterocycles. The molecule has 4 aromatic heterocycles. The Morgan fingerprint density at radius 3 is 2.75 bits per heavy atom. The molecule has 4 aromatic rings. The third-order valence-electron chi connectivity index (χ3n) is 6.05. The molecule has 0 radical (unpaired) electrons. The standard InChI is InChI=1S/C22H26N8O2/c1-12-10-25-16-5-4-13(11-30(12)16)17-18(22-24-6-7-32-22)28-20(23)19(27-17)21(31)26-14-8-15(9-14)29(2)3/h4-7,10-11,14-15,21,26,31H,8-9H2,1-3H3,(H2,23,28)/t14-,15+,21?. The number of pyridine rings is 1. The lowest BCUT2D eigenvalue weighted by molar-refractivity contribution is 0.0671. The summed E-state index contributed by atoms with van der Waals surface area (Å²) in [5, 5.41) is 14.1. The largest absolute Gasteiger partial charge is 0.443 e. The second-order valence-corrected chi connectivity index (χ2v) is 8.43. The minimum atomic E-state index is -1.04. The molecule has 4 N–H and O–H groups in total. The molecule has 0 saturated heterocycles. The topological polar surface area (TPSA) is 131 Å². The van der Waals surface area contributed by atoms with E-state index in [1.165, 1.54) is 6.26 Å².